The molecule has 0 radical (unpaired) electrons. The summed E-state index contributed by atoms with van der Waals surface area (Å²) in [6.07, 6.45) is 25.0. The Bertz CT molecular complexity index is 797. The average Bonchev–Trinajstić information content (AvgIpc) is 3.29. The first-order valence-corrected chi connectivity index (χ1v) is 18.1. The van der Waals surface area contributed by atoms with Crippen LogP contribution in [0.15, 0.2) is 24.3 Å². The van der Waals surface area contributed by atoms with Crippen LogP contribution in [0.5, 0.6) is 0 Å². The van der Waals surface area contributed by atoms with Gasteiger partial charge in [0.15, 0.2) is 0 Å². The monoisotopic (exact) mass is 638 g/mol. The summed E-state index contributed by atoms with van der Waals surface area (Å²) in [5, 5.41) is 41.0. The summed E-state index contributed by atoms with van der Waals surface area (Å²) in [6, 6.07) is 0. The zero-order valence-corrected chi connectivity index (χ0v) is 28.5. The lowest BCUT2D eigenvalue weighted by Gasteiger charge is -2.19. The number of aliphatic hydroxyl groups excluding tert-OH is 4. The van der Waals surface area contributed by atoms with Gasteiger partial charge in [-0.05, 0) is 25.2 Å². The first kappa shape index (κ1) is 41.3. The number of hydrogen-bond donors (Lipinski definition) is 4. The minimum atomic E-state index is -1.08. The van der Waals surface area contributed by atoms with Gasteiger partial charge in [-0.15, -0.1) is 0 Å². The van der Waals surface area contributed by atoms with Crippen LogP contribution in [-0.2, 0) is 19.1 Å². The number of unbranched alkanes of at least 4 members (excludes halogenated alkanes) is 14. The van der Waals surface area contributed by atoms with Crippen molar-refractivity contribution in [2.24, 2.45) is 11.8 Å². The van der Waals surface area contributed by atoms with Crippen molar-refractivity contribution in [2.75, 3.05) is 13.2 Å². The fourth-order valence-corrected chi connectivity index (χ4v) is 5.94. The van der Waals surface area contributed by atoms with Gasteiger partial charge in [-0.3, -0.25) is 9.59 Å². The summed E-state index contributed by atoms with van der Waals surface area (Å²) in [5.41, 5.74) is 0. The average molecular weight is 639 g/mol. The van der Waals surface area contributed by atoms with Crippen LogP contribution in [-0.4, -0.2) is 70.0 Å². The van der Waals surface area contributed by atoms with E-state index in [1.807, 2.05) is 6.08 Å². The molecule has 1 saturated carbocycles. The summed E-state index contributed by atoms with van der Waals surface area (Å²) < 4.78 is 10.2. The molecule has 8 heteroatoms. The number of aliphatic hydroxyl groups is 4. The molecule has 1 aliphatic carbocycles. The van der Waals surface area contributed by atoms with E-state index in [-0.39, 0.29) is 43.9 Å². The molecule has 8 nitrogen and oxygen atoms in total. The van der Waals surface area contributed by atoms with Crippen LogP contribution in [0.2, 0.25) is 0 Å². The molecule has 0 spiro atoms. The number of allylic oxidation sites excluding steroid dienone is 1. The fourth-order valence-electron chi connectivity index (χ4n) is 5.94. The van der Waals surface area contributed by atoms with E-state index in [2.05, 4.69) is 13.8 Å². The lowest BCUT2D eigenvalue weighted by atomic mass is 9.89. The Morgan fingerprint density at radius 2 is 1.24 bits per heavy atom. The van der Waals surface area contributed by atoms with E-state index in [1.54, 1.807) is 18.2 Å². The third kappa shape index (κ3) is 21.6. The molecule has 1 fully saturated rings. The zero-order chi connectivity index (χ0) is 33.1. The molecule has 0 bridgehead atoms. The van der Waals surface area contributed by atoms with Crippen LogP contribution in [0, 0.1) is 11.8 Å². The van der Waals surface area contributed by atoms with E-state index < -0.39 is 30.4 Å². The van der Waals surface area contributed by atoms with E-state index in [0.29, 0.717) is 19.3 Å². The Hall–Kier alpha value is -1.74. The van der Waals surface area contributed by atoms with Crippen molar-refractivity contribution in [2.45, 2.75) is 173 Å². The number of rotatable bonds is 28. The molecular formula is C37H66O8. The highest BCUT2D eigenvalue weighted by atomic mass is 16.6. The minimum absolute atomic E-state index is 0.00751. The molecule has 4 N–H and O–H groups in total. The van der Waals surface area contributed by atoms with Gasteiger partial charge >= 0.3 is 11.9 Å². The van der Waals surface area contributed by atoms with Crippen LogP contribution >= 0.6 is 0 Å². The van der Waals surface area contributed by atoms with Crippen LogP contribution in [0.25, 0.3) is 0 Å². The number of ether oxygens (including phenoxy) is 2. The van der Waals surface area contributed by atoms with Crippen LogP contribution in [0.1, 0.15) is 149 Å². The normalized spacial score (nSPS) is 21.5. The molecule has 0 saturated heterocycles. The Kier molecular flexibility index (Phi) is 25.1. The maximum atomic E-state index is 12.1. The molecule has 0 unspecified atom stereocenters. The van der Waals surface area contributed by atoms with Crippen molar-refractivity contribution in [3.63, 3.8) is 0 Å². The molecule has 0 aromatic rings. The first-order valence-electron chi connectivity index (χ1n) is 18.1. The maximum Gasteiger partial charge on any atom is 0.309 e. The molecule has 0 aliphatic heterocycles. The lowest BCUT2D eigenvalue weighted by molar-refractivity contribution is -0.151. The molecule has 0 aromatic heterocycles. The first-order chi connectivity index (χ1) is 21.8. The molecule has 45 heavy (non-hydrogen) atoms. The molecular weight excluding hydrogens is 572 g/mol. The van der Waals surface area contributed by atoms with Crippen molar-refractivity contribution in [3.05, 3.63) is 24.3 Å². The van der Waals surface area contributed by atoms with Crippen LogP contribution in [0.3, 0.4) is 0 Å². The number of carbonyl (C=O) groups excluding carboxylic acids is 2. The molecule has 0 amide bonds. The predicted molar refractivity (Wildman–Crippen MR) is 180 cm³/mol. The van der Waals surface area contributed by atoms with Gasteiger partial charge < -0.3 is 29.9 Å². The van der Waals surface area contributed by atoms with Gasteiger partial charge in [0.05, 0.1) is 24.7 Å². The number of esters is 2. The third-order valence-corrected chi connectivity index (χ3v) is 8.79. The summed E-state index contributed by atoms with van der Waals surface area (Å²) in [5.74, 6) is -1.32. The zero-order valence-electron chi connectivity index (χ0n) is 28.5. The van der Waals surface area contributed by atoms with Crippen molar-refractivity contribution in [1.29, 1.82) is 0 Å². The summed E-state index contributed by atoms with van der Waals surface area (Å²) in [4.78, 5) is 24.0. The van der Waals surface area contributed by atoms with Gasteiger partial charge in [0.25, 0.3) is 0 Å². The van der Waals surface area contributed by atoms with Crippen molar-refractivity contribution in [1.82, 2.24) is 0 Å². The fraction of sp³-hybridized carbons (Fsp3) is 0.838. The largest absolute Gasteiger partial charge is 0.463 e. The van der Waals surface area contributed by atoms with E-state index in [4.69, 9.17) is 9.47 Å². The number of carbonyl (C=O) groups is 2. The van der Waals surface area contributed by atoms with Gasteiger partial charge in [0.2, 0.25) is 0 Å². The Labute approximate surface area is 273 Å². The second kappa shape index (κ2) is 27.4. The van der Waals surface area contributed by atoms with Gasteiger partial charge in [0, 0.05) is 18.8 Å². The summed E-state index contributed by atoms with van der Waals surface area (Å²) >= 11 is 0. The molecule has 6 atom stereocenters. The van der Waals surface area contributed by atoms with E-state index in [9.17, 15) is 30.0 Å². The number of hydrogen-bond acceptors (Lipinski definition) is 8. The van der Waals surface area contributed by atoms with E-state index in [1.165, 1.54) is 64.2 Å². The lowest BCUT2D eigenvalue weighted by Crippen LogP contribution is -2.25. The predicted octanol–water partition coefficient (Wildman–Crippen LogP) is 7.11. The Balaban J connectivity index is 2.11. The van der Waals surface area contributed by atoms with E-state index >= 15 is 0 Å². The highest BCUT2D eigenvalue weighted by Gasteiger charge is 2.39. The highest BCUT2D eigenvalue weighted by molar-refractivity contribution is 5.71. The van der Waals surface area contributed by atoms with Gasteiger partial charge in [0.1, 0.15) is 19.3 Å². The van der Waals surface area contributed by atoms with Crippen LogP contribution in [0.4, 0.5) is 0 Å². The topological polar surface area (TPSA) is 134 Å². The smallest absolute Gasteiger partial charge is 0.309 e. The summed E-state index contributed by atoms with van der Waals surface area (Å²) in [7, 11) is 0. The second-order valence-corrected chi connectivity index (χ2v) is 13.0. The molecule has 262 valence electrons. The molecule has 0 heterocycles. The molecule has 0 aromatic carbocycles. The third-order valence-electron chi connectivity index (χ3n) is 8.79. The van der Waals surface area contributed by atoms with Crippen molar-refractivity contribution in [3.8, 4) is 0 Å². The maximum absolute atomic E-state index is 12.1. The standard InChI is InChI=1S/C37H66O8/c1-3-5-7-8-9-10-11-12-13-14-15-16-18-23-36(42)44-28-31(39)29-45-37(43)24-20-19-22-32-33(35(41)27-34(32)40)26-25-30(38)21-17-6-4-2/h19-20,25-26,30-35,38-41H,3-18,21-24,27-29H2,1-2H3/b20-19-,26-25+/t30-,31+,32+,33-,34+,35-/m1/s1. The highest BCUT2D eigenvalue weighted by Crippen LogP contribution is 2.36. The quantitative estimate of drug-likeness (QED) is 0.0405. The Morgan fingerprint density at radius 1 is 0.711 bits per heavy atom. The van der Waals surface area contributed by atoms with Gasteiger partial charge in [-0.2, -0.15) is 0 Å². The molecule has 1 aliphatic rings. The Morgan fingerprint density at radius 3 is 1.84 bits per heavy atom. The van der Waals surface area contributed by atoms with Gasteiger partial charge in [-0.25, -0.2) is 0 Å². The van der Waals surface area contributed by atoms with E-state index in [0.717, 1.165) is 38.5 Å². The van der Waals surface area contributed by atoms with Gasteiger partial charge in [-0.1, -0.05) is 134 Å². The minimum Gasteiger partial charge on any atom is -0.463 e. The van der Waals surface area contributed by atoms with Crippen LogP contribution < -0.4 is 0 Å². The second-order valence-electron chi connectivity index (χ2n) is 13.0. The van der Waals surface area contributed by atoms with Crippen molar-refractivity contribution >= 4 is 11.9 Å². The van der Waals surface area contributed by atoms with Crippen molar-refractivity contribution < 1.29 is 39.5 Å². The summed E-state index contributed by atoms with van der Waals surface area (Å²) in [6.45, 7) is 3.90. The molecule has 1 rings (SSSR count). The SMILES string of the molecule is CCCCCCCCCCCCCCCC(=O)OC[C@H](O)COC(=O)C/C=C\C[C@H]1[C@@H](/C=C/[C@H](O)CCCCC)[C@H](O)C[C@@H]1O.